The predicted octanol–water partition coefficient (Wildman–Crippen LogP) is 2.07. The Balaban J connectivity index is 2.07. The van der Waals surface area contributed by atoms with Crippen molar-refractivity contribution in [3.05, 3.63) is 28.7 Å². The lowest BCUT2D eigenvalue weighted by Gasteiger charge is -2.31. The number of hydrogen-bond donors (Lipinski definition) is 1. The third kappa shape index (κ3) is 3.56. The van der Waals surface area contributed by atoms with E-state index < -0.39 is 10.0 Å². The smallest absolute Gasteiger partial charge is 0.243 e. The number of rotatable bonds is 4. The van der Waals surface area contributed by atoms with Crippen LogP contribution in [0.3, 0.4) is 0 Å². The lowest BCUT2D eigenvalue weighted by atomic mass is 9.98. The summed E-state index contributed by atoms with van der Waals surface area (Å²) >= 11 is 3.32. The highest BCUT2D eigenvalue weighted by Crippen LogP contribution is 2.24. The molecule has 4 nitrogen and oxygen atoms in total. The molecule has 1 saturated heterocycles. The molecule has 1 aromatic rings. The molecule has 0 aromatic heterocycles. The molecule has 1 fully saturated rings. The van der Waals surface area contributed by atoms with Crippen LogP contribution in [0.5, 0.6) is 0 Å². The second-order valence-electron chi connectivity index (χ2n) is 4.86. The van der Waals surface area contributed by atoms with E-state index >= 15 is 0 Å². The highest BCUT2D eigenvalue weighted by Gasteiger charge is 2.28. The van der Waals surface area contributed by atoms with Gasteiger partial charge in [-0.05, 0) is 56.6 Å². The number of benzene rings is 1. The average molecular weight is 347 g/mol. The number of sulfonamides is 1. The van der Waals surface area contributed by atoms with Gasteiger partial charge < -0.3 is 5.32 Å². The summed E-state index contributed by atoms with van der Waals surface area (Å²) in [5, 5.41) is 3.16. The van der Waals surface area contributed by atoms with E-state index in [0.29, 0.717) is 23.9 Å². The molecule has 106 valence electrons. The van der Waals surface area contributed by atoms with Gasteiger partial charge >= 0.3 is 0 Å². The fourth-order valence-electron chi connectivity index (χ4n) is 2.40. The molecule has 0 bridgehead atoms. The summed E-state index contributed by atoms with van der Waals surface area (Å²) in [6.07, 6.45) is 1.85. The Kier molecular flexibility index (Phi) is 5.00. The van der Waals surface area contributed by atoms with Crippen LogP contribution in [0.15, 0.2) is 33.6 Å². The summed E-state index contributed by atoms with van der Waals surface area (Å²) < 4.78 is 27.4. The second kappa shape index (κ2) is 6.35. The van der Waals surface area contributed by atoms with E-state index in [4.69, 9.17) is 0 Å². The van der Waals surface area contributed by atoms with Gasteiger partial charge in [0.2, 0.25) is 10.0 Å². The van der Waals surface area contributed by atoms with Crippen LogP contribution in [0.2, 0.25) is 0 Å². The van der Waals surface area contributed by atoms with Crippen LogP contribution in [0.1, 0.15) is 12.8 Å². The maximum Gasteiger partial charge on any atom is 0.243 e. The van der Waals surface area contributed by atoms with Gasteiger partial charge in [-0.3, -0.25) is 0 Å². The molecule has 0 spiro atoms. The molecular weight excluding hydrogens is 328 g/mol. The van der Waals surface area contributed by atoms with Crippen LogP contribution in [0.4, 0.5) is 0 Å². The summed E-state index contributed by atoms with van der Waals surface area (Å²) in [4.78, 5) is 0.378. The highest BCUT2D eigenvalue weighted by molar-refractivity contribution is 9.10. The van der Waals surface area contributed by atoms with E-state index in [1.807, 2.05) is 7.05 Å². The van der Waals surface area contributed by atoms with Gasteiger partial charge in [0.25, 0.3) is 0 Å². The fourth-order valence-corrected chi connectivity index (χ4v) is 4.13. The Morgan fingerprint density at radius 1 is 1.26 bits per heavy atom. The maximum absolute atomic E-state index is 12.5. The Morgan fingerprint density at radius 2 is 1.84 bits per heavy atom. The number of nitrogens with one attached hydrogen (secondary N) is 1. The molecule has 0 radical (unpaired) electrons. The molecule has 0 atom stereocenters. The van der Waals surface area contributed by atoms with Crippen LogP contribution in [-0.2, 0) is 10.0 Å². The molecule has 0 amide bonds. The molecule has 1 heterocycles. The van der Waals surface area contributed by atoms with E-state index in [0.717, 1.165) is 23.9 Å². The van der Waals surface area contributed by atoms with Crippen molar-refractivity contribution in [1.29, 1.82) is 0 Å². The van der Waals surface area contributed by atoms with Crippen molar-refractivity contribution < 1.29 is 8.42 Å². The minimum absolute atomic E-state index is 0.378. The monoisotopic (exact) mass is 346 g/mol. The minimum Gasteiger partial charge on any atom is -0.319 e. The van der Waals surface area contributed by atoms with Gasteiger partial charge in [0.05, 0.1) is 4.90 Å². The molecule has 1 aliphatic heterocycles. The average Bonchev–Trinajstić information content (AvgIpc) is 2.40. The predicted molar refractivity (Wildman–Crippen MR) is 79.6 cm³/mol. The van der Waals surface area contributed by atoms with Gasteiger partial charge in [0.15, 0.2) is 0 Å². The van der Waals surface area contributed by atoms with Gasteiger partial charge in [-0.15, -0.1) is 0 Å². The van der Waals surface area contributed by atoms with Gasteiger partial charge in [0, 0.05) is 17.6 Å². The second-order valence-corrected chi connectivity index (χ2v) is 7.71. The molecule has 0 unspecified atom stereocenters. The van der Waals surface area contributed by atoms with Gasteiger partial charge in [-0.1, -0.05) is 15.9 Å². The Labute approximate surface area is 123 Å². The topological polar surface area (TPSA) is 49.4 Å². The third-order valence-electron chi connectivity index (χ3n) is 3.52. The first-order valence-corrected chi connectivity index (χ1v) is 8.67. The van der Waals surface area contributed by atoms with Crippen molar-refractivity contribution >= 4 is 26.0 Å². The SMILES string of the molecule is CNCC1CCN(S(=O)(=O)c2ccc(Br)cc2)CC1. The van der Waals surface area contributed by atoms with Crippen molar-refractivity contribution in [2.24, 2.45) is 5.92 Å². The van der Waals surface area contributed by atoms with E-state index in [2.05, 4.69) is 21.2 Å². The molecule has 1 aromatic carbocycles. The summed E-state index contributed by atoms with van der Waals surface area (Å²) in [5.41, 5.74) is 0. The van der Waals surface area contributed by atoms with E-state index in [9.17, 15) is 8.42 Å². The number of hydrogen-bond acceptors (Lipinski definition) is 3. The first kappa shape index (κ1) is 15.0. The zero-order valence-corrected chi connectivity index (χ0v) is 13.4. The van der Waals surface area contributed by atoms with Crippen molar-refractivity contribution in [3.8, 4) is 0 Å². The molecule has 0 aliphatic carbocycles. The molecule has 1 N–H and O–H groups in total. The third-order valence-corrected chi connectivity index (χ3v) is 5.96. The molecule has 0 saturated carbocycles. The Bertz CT molecular complexity index is 508. The standard InChI is InChI=1S/C13H19BrN2O2S/c1-15-10-11-6-8-16(9-7-11)19(17,18)13-4-2-12(14)3-5-13/h2-5,11,15H,6-10H2,1H3. The maximum atomic E-state index is 12.5. The largest absolute Gasteiger partial charge is 0.319 e. The number of halogens is 1. The van der Waals surface area contributed by atoms with Crippen molar-refractivity contribution in [2.45, 2.75) is 17.7 Å². The molecule has 2 rings (SSSR count). The van der Waals surface area contributed by atoms with Crippen LogP contribution >= 0.6 is 15.9 Å². The van der Waals surface area contributed by atoms with E-state index in [1.165, 1.54) is 0 Å². The summed E-state index contributed by atoms with van der Waals surface area (Å²) in [5.74, 6) is 0.585. The van der Waals surface area contributed by atoms with E-state index in [-0.39, 0.29) is 0 Å². The quantitative estimate of drug-likeness (QED) is 0.907. The Hall–Kier alpha value is -0.430. The van der Waals surface area contributed by atoms with E-state index in [1.54, 1.807) is 28.6 Å². The molecule has 6 heteroatoms. The highest BCUT2D eigenvalue weighted by atomic mass is 79.9. The molecular formula is C13H19BrN2O2S. The van der Waals surface area contributed by atoms with Crippen molar-refractivity contribution in [1.82, 2.24) is 9.62 Å². The minimum atomic E-state index is -3.33. The Morgan fingerprint density at radius 3 is 2.37 bits per heavy atom. The zero-order valence-electron chi connectivity index (χ0n) is 11.0. The summed E-state index contributed by atoms with van der Waals surface area (Å²) in [6, 6.07) is 6.83. The van der Waals surface area contributed by atoms with Gasteiger partial charge in [-0.25, -0.2) is 8.42 Å². The first-order valence-electron chi connectivity index (χ1n) is 6.44. The van der Waals surface area contributed by atoms with Gasteiger partial charge in [-0.2, -0.15) is 4.31 Å². The lowest BCUT2D eigenvalue weighted by molar-refractivity contribution is 0.270. The van der Waals surface area contributed by atoms with Crippen LogP contribution in [0, 0.1) is 5.92 Å². The lowest BCUT2D eigenvalue weighted by Crippen LogP contribution is -2.40. The normalized spacial score (nSPS) is 18.6. The van der Waals surface area contributed by atoms with Crippen LogP contribution < -0.4 is 5.32 Å². The van der Waals surface area contributed by atoms with Crippen molar-refractivity contribution in [3.63, 3.8) is 0 Å². The molecule has 1 aliphatic rings. The van der Waals surface area contributed by atoms with Gasteiger partial charge in [0.1, 0.15) is 0 Å². The number of piperidine rings is 1. The fraction of sp³-hybridized carbons (Fsp3) is 0.538. The zero-order chi connectivity index (χ0) is 13.9. The summed E-state index contributed by atoms with van der Waals surface area (Å²) in [6.45, 7) is 2.20. The van der Waals surface area contributed by atoms with Crippen LogP contribution in [0.25, 0.3) is 0 Å². The van der Waals surface area contributed by atoms with Crippen molar-refractivity contribution in [2.75, 3.05) is 26.7 Å². The molecule has 19 heavy (non-hydrogen) atoms. The summed E-state index contributed by atoms with van der Waals surface area (Å²) in [7, 11) is -1.39. The number of nitrogens with zero attached hydrogens (tertiary/aromatic N) is 1. The first-order chi connectivity index (χ1) is 9.04. The van der Waals surface area contributed by atoms with Crippen LogP contribution in [-0.4, -0.2) is 39.4 Å².